The molecule has 102 valence electrons. The lowest BCUT2D eigenvalue weighted by molar-refractivity contribution is -0.140. The van der Waals surface area contributed by atoms with Gasteiger partial charge < -0.3 is 31.1 Å². The number of aliphatic hydroxyl groups excluding tert-OH is 2. The molecule has 1 aliphatic rings. The van der Waals surface area contributed by atoms with Crippen molar-refractivity contribution in [2.45, 2.75) is 24.8 Å². The van der Waals surface area contributed by atoms with Gasteiger partial charge in [0.25, 0.3) is 5.91 Å². The van der Waals surface area contributed by atoms with Crippen molar-refractivity contribution in [3.63, 3.8) is 0 Å². The van der Waals surface area contributed by atoms with E-state index in [1.165, 1.54) is 0 Å². The monoisotopic (exact) mass is 260 g/mol. The summed E-state index contributed by atoms with van der Waals surface area (Å²) in [6.07, 6.45) is -1.12. The first-order valence-electron chi connectivity index (χ1n) is 5.34. The third kappa shape index (κ3) is 3.77. The summed E-state index contributed by atoms with van der Waals surface area (Å²) in [5.74, 6) is -2.09. The summed E-state index contributed by atoms with van der Waals surface area (Å²) in [6, 6.07) is -1.32. The Labute approximate surface area is 103 Å². The van der Waals surface area contributed by atoms with Crippen LogP contribution in [0.4, 0.5) is 0 Å². The molecule has 0 aromatic carbocycles. The maximum Gasteiger partial charge on any atom is 0.320 e. The van der Waals surface area contributed by atoms with E-state index in [9.17, 15) is 14.7 Å². The highest BCUT2D eigenvalue weighted by Crippen LogP contribution is 2.11. The molecule has 0 aromatic heterocycles. The fourth-order valence-corrected chi connectivity index (χ4v) is 1.42. The number of ether oxygens (including phenoxy) is 1. The second-order valence-electron chi connectivity index (χ2n) is 3.86. The molecule has 0 aliphatic carbocycles. The fourth-order valence-electron chi connectivity index (χ4n) is 1.42. The number of carbonyl (C=O) groups excluding carboxylic acids is 1. The number of carbonyl (C=O) groups is 2. The maximum atomic E-state index is 11.5. The van der Waals surface area contributed by atoms with E-state index >= 15 is 0 Å². The van der Waals surface area contributed by atoms with Crippen molar-refractivity contribution in [3.8, 4) is 0 Å². The average Bonchev–Trinajstić information content (AvgIpc) is 2.75. The van der Waals surface area contributed by atoms with Gasteiger partial charge in [-0.05, 0) is 0 Å². The molecule has 8 heteroatoms. The van der Waals surface area contributed by atoms with Gasteiger partial charge in [0.15, 0.2) is 6.23 Å². The van der Waals surface area contributed by atoms with Crippen molar-refractivity contribution >= 4 is 11.9 Å². The molecule has 1 rings (SSSR count). The standard InChI is InChI=1S/C10H16N2O6/c11-6(10(16)17)3-7(14)8(15)12-9-5(4-13)1-2-18-9/h1,6-7,9,13-14H,2-4,11H2,(H,12,15)(H,16,17)/t6-,7-,9-/m0/s1. The molecule has 0 radical (unpaired) electrons. The lowest BCUT2D eigenvalue weighted by atomic mass is 10.1. The Morgan fingerprint density at radius 2 is 2.28 bits per heavy atom. The number of aliphatic carboxylic acids is 1. The van der Waals surface area contributed by atoms with Crippen LogP contribution >= 0.6 is 0 Å². The first-order chi connectivity index (χ1) is 8.45. The molecule has 8 nitrogen and oxygen atoms in total. The minimum Gasteiger partial charge on any atom is -0.480 e. The second kappa shape index (κ2) is 6.45. The molecule has 18 heavy (non-hydrogen) atoms. The minimum atomic E-state index is -1.54. The summed E-state index contributed by atoms with van der Waals surface area (Å²) in [4.78, 5) is 22.0. The van der Waals surface area contributed by atoms with Crippen LogP contribution in [0.1, 0.15) is 6.42 Å². The summed E-state index contributed by atoms with van der Waals surface area (Å²) >= 11 is 0. The molecule has 0 saturated heterocycles. The molecule has 0 unspecified atom stereocenters. The van der Waals surface area contributed by atoms with Crippen molar-refractivity contribution in [1.29, 1.82) is 0 Å². The van der Waals surface area contributed by atoms with Crippen LogP contribution in [-0.2, 0) is 14.3 Å². The van der Waals surface area contributed by atoms with Crippen LogP contribution in [-0.4, -0.2) is 58.8 Å². The number of rotatable bonds is 6. The average molecular weight is 260 g/mol. The molecule has 3 atom stereocenters. The van der Waals surface area contributed by atoms with E-state index < -0.39 is 36.7 Å². The molecule has 1 heterocycles. The Bertz CT molecular complexity index is 356. The van der Waals surface area contributed by atoms with Crippen LogP contribution in [0.3, 0.4) is 0 Å². The quantitative estimate of drug-likeness (QED) is 0.333. The van der Waals surface area contributed by atoms with Gasteiger partial charge in [-0.1, -0.05) is 6.08 Å². The van der Waals surface area contributed by atoms with Crippen molar-refractivity contribution in [2.24, 2.45) is 5.73 Å². The summed E-state index contributed by atoms with van der Waals surface area (Å²) in [7, 11) is 0. The minimum absolute atomic E-state index is 0.256. The van der Waals surface area contributed by atoms with Crippen molar-refractivity contribution in [3.05, 3.63) is 11.6 Å². The van der Waals surface area contributed by atoms with Crippen LogP contribution in [0.5, 0.6) is 0 Å². The number of hydrogen-bond acceptors (Lipinski definition) is 6. The van der Waals surface area contributed by atoms with Gasteiger partial charge in [-0.2, -0.15) is 0 Å². The Morgan fingerprint density at radius 1 is 1.61 bits per heavy atom. The van der Waals surface area contributed by atoms with Crippen LogP contribution in [0.2, 0.25) is 0 Å². The SMILES string of the molecule is N[C@@H](C[C@H](O)C(=O)N[C@H]1OCC=C1CO)C(=O)O. The number of amides is 1. The molecule has 0 fully saturated rings. The normalized spacial score (nSPS) is 22.2. The van der Waals surface area contributed by atoms with Crippen molar-refractivity contribution < 1.29 is 29.6 Å². The predicted octanol–water partition coefficient (Wildman–Crippen LogP) is -2.46. The van der Waals surface area contributed by atoms with E-state index in [4.69, 9.17) is 20.7 Å². The highest BCUT2D eigenvalue weighted by Gasteiger charge is 2.27. The first-order valence-corrected chi connectivity index (χ1v) is 5.34. The number of aliphatic hydroxyl groups is 2. The third-order valence-corrected chi connectivity index (χ3v) is 2.50. The molecule has 0 bridgehead atoms. The Morgan fingerprint density at radius 3 is 2.83 bits per heavy atom. The van der Waals surface area contributed by atoms with E-state index in [0.717, 1.165) is 0 Å². The molecular formula is C10H16N2O6. The van der Waals surface area contributed by atoms with Gasteiger partial charge in [-0.15, -0.1) is 0 Å². The molecular weight excluding hydrogens is 244 g/mol. The lowest BCUT2D eigenvalue weighted by Crippen LogP contribution is -2.46. The Balaban J connectivity index is 2.45. The number of nitrogens with one attached hydrogen (secondary N) is 1. The van der Waals surface area contributed by atoms with Gasteiger partial charge in [0.1, 0.15) is 12.1 Å². The summed E-state index contributed by atoms with van der Waals surface area (Å²) in [5.41, 5.74) is 5.68. The molecule has 6 N–H and O–H groups in total. The molecule has 1 amide bonds. The summed E-state index contributed by atoms with van der Waals surface area (Å²) in [6.45, 7) is -0.0126. The number of nitrogens with two attached hydrogens (primary N) is 1. The maximum absolute atomic E-state index is 11.5. The van der Waals surface area contributed by atoms with Gasteiger partial charge >= 0.3 is 5.97 Å². The van der Waals surface area contributed by atoms with Crippen LogP contribution in [0, 0.1) is 0 Å². The van der Waals surface area contributed by atoms with E-state index in [-0.39, 0.29) is 13.2 Å². The van der Waals surface area contributed by atoms with Gasteiger partial charge in [0.05, 0.1) is 13.2 Å². The zero-order valence-corrected chi connectivity index (χ0v) is 9.57. The largest absolute Gasteiger partial charge is 0.480 e. The zero-order valence-electron chi connectivity index (χ0n) is 9.57. The Hall–Kier alpha value is -1.48. The van der Waals surface area contributed by atoms with Gasteiger partial charge in [-0.3, -0.25) is 9.59 Å². The third-order valence-electron chi connectivity index (χ3n) is 2.50. The van der Waals surface area contributed by atoms with E-state index in [1.54, 1.807) is 6.08 Å². The van der Waals surface area contributed by atoms with Gasteiger partial charge in [-0.25, -0.2) is 0 Å². The van der Waals surface area contributed by atoms with Crippen molar-refractivity contribution in [1.82, 2.24) is 5.32 Å². The summed E-state index contributed by atoms with van der Waals surface area (Å²) in [5, 5.41) is 29.3. The van der Waals surface area contributed by atoms with Gasteiger partial charge in [0.2, 0.25) is 0 Å². The highest BCUT2D eigenvalue weighted by molar-refractivity contribution is 5.82. The number of carboxylic acids is 1. The van der Waals surface area contributed by atoms with Crippen LogP contribution in [0.15, 0.2) is 11.6 Å². The molecule has 0 saturated carbocycles. The van der Waals surface area contributed by atoms with Crippen LogP contribution < -0.4 is 11.1 Å². The number of hydrogen-bond donors (Lipinski definition) is 5. The molecule has 1 aliphatic heterocycles. The Kier molecular flexibility index (Phi) is 5.23. The smallest absolute Gasteiger partial charge is 0.320 e. The lowest BCUT2D eigenvalue weighted by Gasteiger charge is -2.18. The first kappa shape index (κ1) is 14.6. The van der Waals surface area contributed by atoms with E-state index in [0.29, 0.717) is 5.57 Å². The molecule has 0 aromatic rings. The second-order valence-corrected chi connectivity index (χ2v) is 3.86. The number of carboxylic acid groups (broad SMARTS) is 1. The predicted molar refractivity (Wildman–Crippen MR) is 59.3 cm³/mol. The zero-order chi connectivity index (χ0) is 13.7. The van der Waals surface area contributed by atoms with E-state index in [1.807, 2.05) is 0 Å². The van der Waals surface area contributed by atoms with E-state index in [2.05, 4.69) is 5.32 Å². The summed E-state index contributed by atoms with van der Waals surface area (Å²) < 4.78 is 5.09. The topological polar surface area (TPSA) is 142 Å². The van der Waals surface area contributed by atoms with Crippen LogP contribution in [0.25, 0.3) is 0 Å². The highest BCUT2D eigenvalue weighted by atomic mass is 16.5. The van der Waals surface area contributed by atoms with Crippen molar-refractivity contribution in [2.75, 3.05) is 13.2 Å². The molecule has 0 spiro atoms. The fraction of sp³-hybridized carbons (Fsp3) is 0.600. The van der Waals surface area contributed by atoms with Gasteiger partial charge in [0, 0.05) is 12.0 Å².